The fourth-order valence-electron chi connectivity index (χ4n) is 2.03. The molecule has 1 aliphatic heterocycles. The van der Waals surface area contributed by atoms with Crippen molar-refractivity contribution in [3.63, 3.8) is 0 Å². The minimum absolute atomic E-state index is 0.0412. The van der Waals surface area contributed by atoms with Crippen molar-refractivity contribution in [3.05, 3.63) is 21.6 Å². The lowest BCUT2D eigenvalue weighted by Gasteiger charge is -2.43. The van der Waals surface area contributed by atoms with Gasteiger partial charge in [-0.05, 0) is 41.3 Å². The Bertz CT molecular complexity index is 485. The zero-order valence-corrected chi connectivity index (χ0v) is 10.7. The first kappa shape index (κ1) is 10.4. The Morgan fingerprint density at radius 1 is 1.44 bits per heavy atom. The number of carbonyl (C=O) groups excluding carboxylic acids is 1. The number of fused-ring (bicyclic) bond motifs is 1. The van der Waals surface area contributed by atoms with Crippen molar-refractivity contribution in [1.29, 1.82) is 0 Å². The molecule has 0 bridgehead atoms. The summed E-state index contributed by atoms with van der Waals surface area (Å²) in [4.78, 5) is 11.9. The van der Waals surface area contributed by atoms with Gasteiger partial charge in [0.2, 0.25) is 0 Å². The van der Waals surface area contributed by atoms with E-state index in [1.54, 1.807) is 12.1 Å². The van der Waals surface area contributed by atoms with Gasteiger partial charge >= 0.3 is 0 Å². The van der Waals surface area contributed by atoms with Crippen LogP contribution in [0.3, 0.4) is 0 Å². The predicted molar refractivity (Wildman–Crippen MR) is 65.0 cm³/mol. The number of rotatable bonds is 0. The monoisotopic (exact) mass is 301 g/mol. The lowest BCUT2D eigenvalue weighted by Crippen LogP contribution is -2.55. The molecular weight excluding hydrogens is 293 g/mol. The highest BCUT2D eigenvalue weighted by Gasteiger charge is 2.49. The van der Waals surface area contributed by atoms with E-state index in [2.05, 4.69) is 21.2 Å². The van der Waals surface area contributed by atoms with Gasteiger partial charge in [-0.1, -0.05) is 11.6 Å². The van der Waals surface area contributed by atoms with Gasteiger partial charge in [0.25, 0.3) is 5.91 Å². The number of hydrogen-bond donors (Lipinski definition) is 1. The molecule has 1 saturated carbocycles. The largest absolute Gasteiger partial charge is 0.475 e. The van der Waals surface area contributed by atoms with Crippen LogP contribution in [0.2, 0.25) is 5.02 Å². The first-order chi connectivity index (χ1) is 7.61. The van der Waals surface area contributed by atoms with E-state index in [0.29, 0.717) is 16.5 Å². The molecule has 0 saturated heterocycles. The maximum absolute atomic E-state index is 11.9. The van der Waals surface area contributed by atoms with E-state index in [9.17, 15) is 4.79 Å². The average molecular weight is 303 g/mol. The molecule has 0 atom stereocenters. The van der Waals surface area contributed by atoms with Crippen LogP contribution in [0.5, 0.6) is 5.75 Å². The van der Waals surface area contributed by atoms with Crippen LogP contribution in [-0.4, -0.2) is 11.5 Å². The number of carbonyl (C=O) groups is 1. The average Bonchev–Trinajstić information content (AvgIpc) is 2.17. The Balaban J connectivity index is 2.05. The van der Waals surface area contributed by atoms with Crippen molar-refractivity contribution in [3.8, 4) is 5.75 Å². The van der Waals surface area contributed by atoms with Crippen molar-refractivity contribution in [2.24, 2.45) is 0 Å². The Morgan fingerprint density at radius 2 is 2.19 bits per heavy atom. The van der Waals surface area contributed by atoms with E-state index in [4.69, 9.17) is 16.3 Å². The van der Waals surface area contributed by atoms with E-state index < -0.39 is 5.60 Å². The first-order valence-electron chi connectivity index (χ1n) is 5.10. The van der Waals surface area contributed by atoms with Crippen molar-refractivity contribution >= 4 is 39.1 Å². The standard InChI is InChI=1S/C11H9BrClNO2/c12-6-4-8-9(5-7(6)13)16-11(2-1-3-11)10(15)14-8/h4-5H,1-3H2,(H,14,15). The molecule has 0 radical (unpaired) electrons. The van der Waals surface area contributed by atoms with Gasteiger partial charge in [0.15, 0.2) is 5.60 Å². The van der Waals surface area contributed by atoms with Gasteiger partial charge in [0.1, 0.15) is 5.75 Å². The topological polar surface area (TPSA) is 38.3 Å². The summed E-state index contributed by atoms with van der Waals surface area (Å²) in [7, 11) is 0. The molecular formula is C11H9BrClNO2. The summed E-state index contributed by atoms with van der Waals surface area (Å²) >= 11 is 9.31. The number of ether oxygens (including phenoxy) is 1. The van der Waals surface area contributed by atoms with Gasteiger partial charge in [-0.15, -0.1) is 0 Å². The molecule has 16 heavy (non-hydrogen) atoms. The Morgan fingerprint density at radius 3 is 2.81 bits per heavy atom. The van der Waals surface area contributed by atoms with Crippen LogP contribution < -0.4 is 10.1 Å². The number of benzene rings is 1. The fraction of sp³-hybridized carbons (Fsp3) is 0.364. The van der Waals surface area contributed by atoms with E-state index in [1.165, 1.54) is 0 Å². The fourth-order valence-corrected chi connectivity index (χ4v) is 2.53. The molecule has 3 nitrogen and oxygen atoms in total. The zero-order chi connectivity index (χ0) is 11.3. The highest BCUT2D eigenvalue weighted by Crippen LogP contribution is 2.45. The molecule has 5 heteroatoms. The quantitative estimate of drug-likeness (QED) is 0.798. The maximum Gasteiger partial charge on any atom is 0.268 e. The molecule has 2 aliphatic rings. The first-order valence-corrected chi connectivity index (χ1v) is 6.27. The summed E-state index contributed by atoms with van der Waals surface area (Å²) in [5.74, 6) is 0.618. The smallest absolute Gasteiger partial charge is 0.268 e. The lowest BCUT2D eigenvalue weighted by atomic mass is 9.78. The Kier molecular flexibility index (Phi) is 2.20. The Labute approximate surface area is 106 Å². The molecule has 1 heterocycles. The van der Waals surface area contributed by atoms with Crippen LogP contribution in [0.15, 0.2) is 16.6 Å². The minimum Gasteiger partial charge on any atom is -0.475 e. The molecule has 1 aliphatic carbocycles. The molecule has 1 spiro atoms. The minimum atomic E-state index is -0.635. The third kappa shape index (κ3) is 1.36. The van der Waals surface area contributed by atoms with Gasteiger partial charge in [-0.25, -0.2) is 0 Å². The van der Waals surface area contributed by atoms with Crippen LogP contribution in [0.25, 0.3) is 0 Å². The highest BCUT2D eigenvalue weighted by molar-refractivity contribution is 9.10. The molecule has 0 unspecified atom stereocenters. The van der Waals surface area contributed by atoms with E-state index in [1.807, 2.05) is 0 Å². The van der Waals surface area contributed by atoms with Crippen molar-refractivity contribution in [2.45, 2.75) is 24.9 Å². The number of nitrogens with one attached hydrogen (secondary N) is 1. The van der Waals surface area contributed by atoms with Crippen LogP contribution in [-0.2, 0) is 4.79 Å². The maximum atomic E-state index is 11.9. The summed E-state index contributed by atoms with van der Waals surface area (Å²) in [5.41, 5.74) is 0.0447. The van der Waals surface area contributed by atoms with Gasteiger partial charge in [0, 0.05) is 10.5 Å². The molecule has 1 aromatic rings. The van der Waals surface area contributed by atoms with Gasteiger partial charge in [-0.3, -0.25) is 4.79 Å². The summed E-state index contributed by atoms with van der Waals surface area (Å²) in [6, 6.07) is 3.50. The van der Waals surface area contributed by atoms with E-state index >= 15 is 0 Å². The number of halogens is 2. The molecule has 1 fully saturated rings. The molecule has 84 valence electrons. The van der Waals surface area contributed by atoms with E-state index in [-0.39, 0.29) is 5.91 Å². The summed E-state index contributed by atoms with van der Waals surface area (Å²) in [5, 5.41) is 3.46. The molecule has 1 amide bonds. The third-order valence-corrected chi connectivity index (χ3v) is 4.35. The highest BCUT2D eigenvalue weighted by atomic mass is 79.9. The van der Waals surface area contributed by atoms with Crippen LogP contribution in [0.4, 0.5) is 5.69 Å². The SMILES string of the molecule is O=C1Nc2cc(Br)c(Cl)cc2OC12CCC2. The van der Waals surface area contributed by atoms with E-state index in [0.717, 1.165) is 23.7 Å². The van der Waals surface area contributed by atoms with Gasteiger partial charge in [-0.2, -0.15) is 0 Å². The van der Waals surface area contributed by atoms with Gasteiger partial charge in [0.05, 0.1) is 10.7 Å². The van der Waals surface area contributed by atoms with Crippen LogP contribution >= 0.6 is 27.5 Å². The summed E-state index contributed by atoms with van der Waals surface area (Å²) in [6.07, 6.45) is 2.60. The predicted octanol–water partition coefficient (Wildman–Crippen LogP) is 3.36. The number of amides is 1. The summed E-state index contributed by atoms with van der Waals surface area (Å²) in [6.45, 7) is 0. The zero-order valence-electron chi connectivity index (χ0n) is 8.35. The molecule has 3 rings (SSSR count). The number of hydrogen-bond acceptors (Lipinski definition) is 2. The summed E-state index contributed by atoms with van der Waals surface area (Å²) < 4.78 is 6.54. The van der Waals surface area contributed by atoms with Crippen molar-refractivity contribution < 1.29 is 9.53 Å². The molecule has 0 aromatic heterocycles. The second-order valence-electron chi connectivity index (χ2n) is 4.17. The molecule has 1 N–H and O–H groups in total. The van der Waals surface area contributed by atoms with Crippen LogP contribution in [0.1, 0.15) is 19.3 Å². The second-order valence-corrected chi connectivity index (χ2v) is 5.43. The number of anilines is 1. The van der Waals surface area contributed by atoms with Crippen LogP contribution in [0, 0.1) is 0 Å². The normalized spacial score (nSPS) is 20.8. The lowest BCUT2D eigenvalue weighted by molar-refractivity contribution is -0.139. The van der Waals surface area contributed by atoms with Crippen molar-refractivity contribution in [2.75, 3.05) is 5.32 Å². The van der Waals surface area contributed by atoms with Crippen molar-refractivity contribution in [1.82, 2.24) is 0 Å². The third-order valence-electron chi connectivity index (χ3n) is 3.15. The van der Waals surface area contributed by atoms with Gasteiger partial charge < -0.3 is 10.1 Å². The second kappa shape index (κ2) is 3.37. The molecule has 1 aromatic carbocycles. The Hall–Kier alpha value is -0.740.